The van der Waals surface area contributed by atoms with Crippen LogP contribution in [-0.4, -0.2) is 73.0 Å². The first-order valence-corrected chi connectivity index (χ1v) is 4.16. The van der Waals surface area contributed by atoms with E-state index in [1.165, 1.54) is 0 Å². The van der Waals surface area contributed by atoms with Crippen LogP contribution in [0.1, 0.15) is 12.8 Å². The van der Waals surface area contributed by atoms with Gasteiger partial charge in [-0.25, -0.2) is 0 Å². The first-order chi connectivity index (χ1) is 6.09. The van der Waals surface area contributed by atoms with Crippen molar-refractivity contribution in [2.75, 3.05) is 0 Å². The van der Waals surface area contributed by atoms with Crippen molar-refractivity contribution in [3.8, 4) is 0 Å². The molecule has 0 aromatic heterocycles. The van der Waals surface area contributed by atoms with Crippen LogP contribution in [0.3, 0.4) is 0 Å². The first-order valence-electron chi connectivity index (χ1n) is 4.16. The summed E-state index contributed by atoms with van der Waals surface area (Å²) in [5.74, 6) is -4.53. The maximum Gasteiger partial charge on any atom is 2.00 e. The van der Waals surface area contributed by atoms with E-state index in [4.69, 9.17) is 4.74 Å². The summed E-state index contributed by atoms with van der Waals surface area (Å²) in [6, 6.07) is 0. The van der Waals surface area contributed by atoms with Gasteiger partial charge in [0.1, 0.15) is 0 Å². The van der Waals surface area contributed by atoms with Gasteiger partial charge in [0.15, 0.2) is 0 Å². The van der Waals surface area contributed by atoms with Crippen molar-refractivity contribution in [3.05, 3.63) is 0 Å². The summed E-state index contributed by atoms with van der Waals surface area (Å²) in [6.45, 7) is 0. The fourth-order valence-corrected chi connectivity index (χ4v) is 1.94. The number of carboxylic acids is 2. The van der Waals surface area contributed by atoms with Crippen LogP contribution in [0.4, 0.5) is 0 Å². The maximum atomic E-state index is 10.6. The standard InChI is InChI=1S/C8H10O5.Ba/c9-7(10)3-1-5-6(13-5)2-4(3)8(11)12;/h3-6H,1-2H2,(H,9,10)(H,11,12);/q;+2/p-2. The van der Waals surface area contributed by atoms with Gasteiger partial charge in [0.2, 0.25) is 0 Å². The molecule has 1 heterocycles. The van der Waals surface area contributed by atoms with Gasteiger partial charge < -0.3 is 24.5 Å². The minimum atomic E-state index is -1.32. The molecule has 4 unspecified atom stereocenters. The number of carboxylic acid groups (broad SMARTS) is 2. The van der Waals surface area contributed by atoms with E-state index in [0.717, 1.165) is 0 Å². The van der Waals surface area contributed by atoms with E-state index in [-0.39, 0.29) is 73.9 Å². The molecule has 5 nitrogen and oxygen atoms in total. The fourth-order valence-electron chi connectivity index (χ4n) is 1.94. The monoisotopic (exact) mass is 322 g/mol. The smallest absolute Gasteiger partial charge is 0.550 e. The molecule has 4 atom stereocenters. The van der Waals surface area contributed by atoms with E-state index in [1.54, 1.807) is 0 Å². The SMILES string of the molecule is O=C([O-])C1CC2OC2CC1C(=O)[O-].[Ba+2]. The second-order valence-corrected chi connectivity index (χ2v) is 3.54. The normalized spacial score (nSPS) is 39.1. The predicted octanol–water partition coefficient (Wildman–Crippen LogP) is -3.10. The van der Waals surface area contributed by atoms with Crippen molar-refractivity contribution in [1.82, 2.24) is 0 Å². The Balaban J connectivity index is 0.000000980. The Bertz CT molecular complexity index is 240. The molecule has 0 spiro atoms. The van der Waals surface area contributed by atoms with Gasteiger partial charge in [0.25, 0.3) is 0 Å². The molecule has 1 aliphatic carbocycles. The topological polar surface area (TPSA) is 92.8 Å². The molecule has 14 heavy (non-hydrogen) atoms. The molecule has 0 aromatic carbocycles. The molecular weight excluding hydrogens is 313 g/mol. The van der Waals surface area contributed by atoms with Crippen molar-refractivity contribution >= 4 is 60.8 Å². The quantitative estimate of drug-likeness (QED) is 0.397. The molecule has 2 aliphatic rings. The zero-order valence-electron chi connectivity index (χ0n) is 7.47. The van der Waals surface area contributed by atoms with E-state index in [0.29, 0.717) is 0 Å². The third-order valence-electron chi connectivity index (χ3n) is 2.75. The minimum absolute atomic E-state index is 0. The van der Waals surface area contributed by atoms with Crippen molar-refractivity contribution < 1.29 is 24.5 Å². The maximum absolute atomic E-state index is 10.6. The van der Waals surface area contributed by atoms with Gasteiger partial charge in [-0.15, -0.1) is 0 Å². The summed E-state index contributed by atoms with van der Waals surface area (Å²) >= 11 is 0. The number of ether oxygens (including phenoxy) is 1. The second kappa shape index (κ2) is 4.54. The molecule has 0 amide bonds. The van der Waals surface area contributed by atoms with Gasteiger partial charge in [0.05, 0.1) is 12.2 Å². The molecule has 0 N–H and O–H groups in total. The van der Waals surface area contributed by atoms with Gasteiger partial charge in [-0.1, -0.05) is 0 Å². The predicted molar refractivity (Wildman–Crippen MR) is 40.6 cm³/mol. The number of aliphatic carboxylic acids is 2. The first kappa shape index (κ1) is 12.5. The molecule has 0 radical (unpaired) electrons. The van der Waals surface area contributed by atoms with Gasteiger partial charge in [0, 0.05) is 23.8 Å². The number of rotatable bonds is 2. The third-order valence-corrected chi connectivity index (χ3v) is 2.75. The number of hydrogen-bond donors (Lipinski definition) is 0. The van der Waals surface area contributed by atoms with E-state index in [1.807, 2.05) is 0 Å². The van der Waals surface area contributed by atoms with Gasteiger partial charge in [-0.2, -0.15) is 0 Å². The van der Waals surface area contributed by atoms with Gasteiger partial charge in [-0.3, -0.25) is 0 Å². The Morgan fingerprint density at radius 2 is 1.36 bits per heavy atom. The number of hydrogen-bond acceptors (Lipinski definition) is 5. The van der Waals surface area contributed by atoms with Crippen LogP contribution in [0.25, 0.3) is 0 Å². The minimum Gasteiger partial charge on any atom is -0.550 e. The van der Waals surface area contributed by atoms with E-state index in [9.17, 15) is 19.8 Å². The summed E-state index contributed by atoms with van der Waals surface area (Å²) in [7, 11) is 0. The second-order valence-electron chi connectivity index (χ2n) is 3.54. The Morgan fingerprint density at radius 1 is 1.00 bits per heavy atom. The van der Waals surface area contributed by atoms with Crippen molar-refractivity contribution in [2.45, 2.75) is 25.0 Å². The number of fused-ring (bicyclic) bond motifs is 1. The van der Waals surface area contributed by atoms with E-state index >= 15 is 0 Å². The van der Waals surface area contributed by atoms with E-state index < -0.39 is 23.8 Å². The van der Waals surface area contributed by atoms with Crippen LogP contribution < -0.4 is 10.2 Å². The van der Waals surface area contributed by atoms with Crippen molar-refractivity contribution in [1.29, 1.82) is 0 Å². The summed E-state index contributed by atoms with van der Waals surface area (Å²) in [5, 5.41) is 21.2. The number of carbonyl (C=O) groups excluding carboxylic acids is 2. The molecular formula is C8H8BaO5. The molecule has 2 rings (SSSR count). The molecule has 6 heteroatoms. The zero-order valence-corrected chi connectivity index (χ0v) is 11.9. The fraction of sp³-hybridized carbons (Fsp3) is 0.750. The Kier molecular flexibility index (Phi) is 4.07. The summed E-state index contributed by atoms with van der Waals surface area (Å²) in [4.78, 5) is 21.2. The largest absolute Gasteiger partial charge is 2.00 e. The Hall–Kier alpha value is 0.471. The Morgan fingerprint density at radius 3 is 1.64 bits per heavy atom. The number of carbonyl (C=O) groups is 2. The van der Waals surface area contributed by atoms with Crippen LogP contribution in [-0.2, 0) is 14.3 Å². The van der Waals surface area contributed by atoms with Gasteiger partial charge >= 0.3 is 48.9 Å². The van der Waals surface area contributed by atoms with Crippen LogP contribution >= 0.6 is 0 Å². The van der Waals surface area contributed by atoms with Crippen LogP contribution in [0, 0.1) is 11.8 Å². The number of epoxide rings is 1. The molecule has 72 valence electrons. The van der Waals surface area contributed by atoms with Crippen LogP contribution in [0.15, 0.2) is 0 Å². The third kappa shape index (κ3) is 2.34. The van der Waals surface area contributed by atoms with Crippen LogP contribution in [0.2, 0.25) is 0 Å². The molecule has 1 aliphatic heterocycles. The molecule has 0 aromatic rings. The molecule has 1 saturated heterocycles. The van der Waals surface area contributed by atoms with Gasteiger partial charge in [-0.05, 0) is 12.8 Å². The average Bonchev–Trinajstić information content (AvgIpc) is 2.78. The van der Waals surface area contributed by atoms with Crippen molar-refractivity contribution in [2.24, 2.45) is 11.8 Å². The molecule has 1 saturated carbocycles. The van der Waals surface area contributed by atoms with Crippen LogP contribution in [0.5, 0.6) is 0 Å². The summed E-state index contributed by atoms with van der Waals surface area (Å²) in [5.41, 5.74) is 0. The molecule has 0 bridgehead atoms. The van der Waals surface area contributed by atoms with Crippen molar-refractivity contribution in [3.63, 3.8) is 0 Å². The molecule has 2 fully saturated rings. The van der Waals surface area contributed by atoms with E-state index in [2.05, 4.69) is 0 Å². The average molecular weight is 321 g/mol. The Labute approximate surface area is 121 Å². The summed E-state index contributed by atoms with van der Waals surface area (Å²) in [6.07, 6.45) is 0.342. The summed E-state index contributed by atoms with van der Waals surface area (Å²) < 4.78 is 5.06. The zero-order chi connectivity index (χ0) is 9.59.